The lowest BCUT2D eigenvalue weighted by molar-refractivity contribution is -0.383. The van der Waals surface area contributed by atoms with E-state index in [1.807, 2.05) is 0 Å². The summed E-state index contributed by atoms with van der Waals surface area (Å²) in [7, 11) is 0. The largest absolute Gasteiger partial charge is 0.316 e. The van der Waals surface area contributed by atoms with E-state index in [1.165, 1.54) is 23.5 Å². The first-order valence-corrected chi connectivity index (χ1v) is 5.70. The number of benzene rings is 1. The standard InChI is InChI=1S/C11H8N2O3S/c14-11(8-5-6-17-7-8)12-9-3-1-2-4-10(9)13(15)16/h1-7H,(H,12,14). The number of thiophene rings is 1. The molecule has 0 atom stereocenters. The number of carbonyl (C=O) groups excluding carboxylic acids is 1. The van der Waals surface area contributed by atoms with Crippen LogP contribution in [0.1, 0.15) is 10.4 Å². The van der Waals surface area contributed by atoms with E-state index in [9.17, 15) is 14.9 Å². The highest BCUT2D eigenvalue weighted by Gasteiger charge is 2.15. The first-order valence-electron chi connectivity index (χ1n) is 4.75. The van der Waals surface area contributed by atoms with Gasteiger partial charge >= 0.3 is 0 Å². The van der Waals surface area contributed by atoms with Gasteiger partial charge in [-0.15, -0.1) is 0 Å². The third-order valence-corrected chi connectivity index (χ3v) is 2.82. The molecule has 1 amide bonds. The van der Waals surface area contributed by atoms with Gasteiger partial charge in [0.25, 0.3) is 11.6 Å². The molecule has 0 aliphatic rings. The lowest BCUT2D eigenvalue weighted by Crippen LogP contribution is -2.12. The molecular formula is C11H8N2O3S. The molecule has 1 aromatic heterocycles. The number of hydrogen-bond donors (Lipinski definition) is 1. The van der Waals surface area contributed by atoms with Crippen molar-refractivity contribution in [3.8, 4) is 0 Å². The van der Waals surface area contributed by atoms with Gasteiger partial charge < -0.3 is 5.32 Å². The zero-order valence-electron chi connectivity index (χ0n) is 8.62. The van der Waals surface area contributed by atoms with Crippen LogP contribution < -0.4 is 5.32 Å². The number of anilines is 1. The van der Waals surface area contributed by atoms with Crippen LogP contribution in [0.2, 0.25) is 0 Å². The minimum atomic E-state index is -0.525. The maximum absolute atomic E-state index is 11.7. The van der Waals surface area contributed by atoms with Gasteiger partial charge in [0, 0.05) is 11.4 Å². The van der Waals surface area contributed by atoms with Gasteiger partial charge in [-0.3, -0.25) is 14.9 Å². The summed E-state index contributed by atoms with van der Waals surface area (Å²) in [6.07, 6.45) is 0. The fraction of sp³-hybridized carbons (Fsp3) is 0. The molecule has 1 N–H and O–H groups in total. The second kappa shape index (κ2) is 4.75. The van der Waals surface area contributed by atoms with Crippen molar-refractivity contribution in [2.75, 3.05) is 5.32 Å². The Kier molecular flexibility index (Phi) is 3.15. The third-order valence-electron chi connectivity index (χ3n) is 2.13. The number of hydrogen-bond acceptors (Lipinski definition) is 4. The van der Waals surface area contributed by atoms with Gasteiger partial charge in [0.05, 0.1) is 10.5 Å². The van der Waals surface area contributed by atoms with Gasteiger partial charge in [-0.1, -0.05) is 12.1 Å². The van der Waals surface area contributed by atoms with Crippen molar-refractivity contribution in [3.05, 3.63) is 56.8 Å². The Balaban J connectivity index is 2.25. The van der Waals surface area contributed by atoms with Crippen LogP contribution in [-0.4, -0.2) is 10.8 Å². The lowest BCUT2D eigenvalue weighted by Gasteiger charge is -2.04. The number of para-hydroxylation sites is 2. The van der Waals surface area contributed by atoms with Crippen LogP contribution in [-0.2, 0) is 0 Å². The Morgan fingerprint density at radius 2 is 2.06 bits per heavy atom. The van der Waals surface area contributed by atoms with Crippen LogP contribution in [0.5, 0.6) is 0 Å². The fourth-order valence-electron chi connectivity index (χ4n) is 1.33. The third kappa shape index (κ3) is 2.48. The predicted molar refractivity (Wildman–Crippen MR) is 65.4 cm³/mol. The highest BCUT2D eigenvalue weighted by molar-refractivity contribution is 7.08. The second-order valence-corrected chi connectivity index (χ2v) is 4.02. The summed E-state index contributed by atoms with van der Waals surface area (Å²) in [6.45, 7) is 0. The molecule has 1 heterocycles. The predicted octanol–water partition coefficient (Wildman–Crippen LogP) is 2.91. The van der Waals surface area contributed by atoms with E-state index in [-0.39, 0.29) is 17.3 Å². The van der Waals surface area contributed by atoms with Gasteiger partial charge in [0.1, 0.15) is 5.69 Å². The van der Waals surface area contributed by atoms with E-state index < -0.39 is 4.92 Å². The van der Waals surface area contributed by atoms with Crippen LogP contribution in [0.25, 0.3) is 0 Å². The number of rotatable bonds is 3. The van der Waals surface area contributed by atoms with Crippen molar-refractivity contribution in [1.29, 1.82) is 0 Å². The van der Waals surface area contributed by atoms with Crippen LogP contribution in [0.4, 0.5) is 11.4 Å². The normalized spacial score (nSPS) is 9.88. The van der Waals surface area contributed by atoms with E-state index in [0.717, 1.165) is 0 Å². The van der Waals surface area contributed by atoms with Crippen LogP contribution in [0.3, 0.4) is 0 Å². The lowest BCUT2D eigenvalue weighted by atomic mass is 10.2. The average molecular weight is 248 g/mol. The van der Waals surface area contributed by atoms with Crippen LogP contribution in [0, 0.1) is 10.1 Å². The molecule has 0 saturated carbocycles. The van der Waals surface area contributed by atoms with E-state index in [4.69, 9.17) is 0 Å². The summed E-state index contributed by atoms with van der Waals surface area (Å²) < 4.78 is 0. The van der Waals surface area contributed by atoms with Gasteiger partial charge in [-0.25, -0.2) is 0 Å². The van der Waals surface area contributed by atoms with Crippen molar-refractivity contribution in [3.63, 3.8) is 0 Å². The molecule has 0 bridgehead atoms. The molecule has 0 aliphatic heterocycles. The SMILES string of the molecule is O=C(Nc1ccccc1[N+](=O)[O-])c1ccsc1. The van der Waals surface area contributed by atoms with Crippen molar-refractivity contribution in [2.45, 2.75) is 0 Å². The quantitative estimate of drug-likeness (QED) is 0.670. The number of nitrogens with zero attached hydrogens (tertiary/aromatic N) is 1. The first kappa shape index (κ1) is 11.3. The molecule has 17 heavy (non-hydrogen) atoms. The molecule has 2 aromatic rings. The van der Waals surface area contributed by atoms with Crippen molar-refractivity contribution in [2.24, 2.45) is 0 Å². The van der Waals surface area contributed by atoms with E-state index in [1.54, 1.807) is 29.0 Å². The van der Waals surface area contributed by atoms with Crippen molar-refractivity contribution >= 4 is 28.6 Å². The molecule has 0 spiro atoms. The van der Waals surface area contributed by atoms with E-state index in [0.29, 0.717) is 5.56 Å². The molecule has 86 valence electrons. The molecule has 1 aromatic carbocycles. The minimum Gasteiger partial charge on any atom is -0.316 e. The summed E-state index contributed by atoms with van der Waals surface area (Å²) in [6, 6.07) is 7.70. The summed E-state index contributed by atoms with van der Waals surface area (Å²) in [4.78, 5) is 21.9. The minimum absolute atomic E-state index is 0.115. The molecule has 0 fully saturated rings. The van der Waals surface area contributed by atoms with E-state index >= 15 is 0 Å². The maximum atomic E-state index is 11.7. The molecule has 6 heteroatoms. The smallest absolute Gasteiger partial charge is 0.292 e. The maximum Gasteiger partial charge on any atom is 0.292 e. The summed E-state index contributed by atoms with van der Waals surface area (Å²) in [5.74, 6) is -0.347. The molecule has 5 nitrogen and oxygen atoms in total. The van der Waals surface area contributed by atoms with Crippen molar-refractivity contribution in [1.82, 2.24) is 0 Å². The summed E-state index contributed by atoms with van der Waals surface area (Å²) in [5.41, 5.74) is 0.581. The Bertz CT molecular complexity index is 552. The molecule has 0 unspecified atom stereocenters. The number of nitro benzene ring substituents is 1. The molecule has 0 radical (unpaired) electrons. The second-order valence-electron chi connectivity index (χ2n) is 3.24. The number of amides is 1. The molecule has 0 aliphatic carbocycles. The highest BCUT2D eigenvalue weighted by atomic mass is 32.1. The van der Waals surface area contributed by atoms with Gasteiger partial charge in [0.15, 0.2) is 0 Å². The number of nitrogens with one attached hydrogen (secondary N) is 1. The first-order chi connectivity index (χ1) is 8.18. The summed E-state index contributed by atoms with van der Waals surface area (Å²) in [5, 5.41) is 16.7. The molecule has 2 rings (SSSR count). The Hall–Kier alpha value is -2.21. The zero-order chi connectivity index (χ0) is 12.3. The van der Waals surface area contributed by atoms with Crippen LogP contribution >= 0.6 is 11.3 Å². The monoisotopic (exact) mass is 248 g/mol. The summed E-state index contributed by atoms with van der Waals surface area (Å²) >= 11 is 1.39. The molecule has 0 saturated heterocycles. The Morgan fingerprint density at radius 3 is 2.71 bits per heavy atom. The van der Waals surface area contributed by atoms with Crippen molar-refractivity contribution < 1.29 is 9.72 Å². The fourth-order valence-corrected chi connectivity index (χ4v) is 1.96. The Morgan fingerprint density at radius 1 is 1.29 bits per heavy atom. The van der Waals surface area contributed by atoms with E-state index in [2.05, 4.69) is 5.32 Å². The van der Waals surface area contributed by atoms with Gasteiger partial charge in [-0.05, 0) is 17.5 Å². The van der Waals surface area contributed by atoms with Gasteiger partial charge in [0.2, 0.25) is 0 Å². The Labute approximate surface area is 101 Å². The highest BCUT2D eigenvalue weighted by Crippen LogP contribution is 2.23. The average Bonchev–Trinajstić information content (AvgIpc) is 2.83. The number of carbonyl (C=O) groups is 1. The van der Waals surface area contributed by atoms with Gasteiger partial charge in [-0.2, -0.15) is 11.3 Å². The van der Waals surface area contributed by atoms with Crippen LogP contribution in [0.15, 0.2) is 41.1 Å². The zero-order valence-corrected chi connectivity index (χ0v) is 9.44. The number of nitro groups is 1. The topological polar surface area (TPSA) is 72.2 Å². The molecular weight excluding hydrogens is 240 g/mol.